The quantitative estimate of drug-likeness (QED) is 0.635. The highest BCUT2D eigenvalue weighted by molar-refractivity contribution is 5.29. The summed E-state index contributed by atoms with van der Waals surface area (Å²) in [7, 11) is 2.15. The molecule has 2 fully saturated rings. The lowest BCUT2D eigenvalue weighted by molar-refractivity contribution is 0.0164. The Morgan fingerprint density at radius 3 is 2.45 bits per heavy atom. The van der Waals surface area contributed by atoms with E-state index < -0.39 is 5.92 Å². The molecular weight excluding hydrogens is 370 g/mol. The van der Waals surface area contributed by atoms with Crippen LogP contribution >= 0.6 is 0 Å². The molecule has 0 radical (unpaired) electrons. The lowest BCUT2D eigenvalue weighted by atomic mass is 9.73. The third-order valence-electron chi connectivity index (χ3n) is 6.36. The van der Waals surface area contributed by atoms with Crippen LogP contribution in [0.25, 0.3) is 0 Å². The lowest BCUT2D eigenvalue weighted by Gasteiger charge is -2.41. The number of hydrogen-bond acceptors (Lipinski definition) is 3. The highest BCUT2D eigenvalue weighted by atomic mass is 19.3. The number of nitrogens with zero attached hydrogens (tertiary/aromatic N) is 2. The summed E-state index contributed by atoms with van der Waals surface area (Å²) in [6.07, 6.45) is 4.13. The molecule has 0 N–H and O–H groups in total. The monoisotopic (exact) mass is 400 g/mol. The molecule has 1 saturated carbocycles. The maximum atomic E-state index is 14.0. The van der Waals surface area contributed by atoms with Crippen LogP contribution in [-0.2, 0) is 22.7 Å². The van der Waals surface area contributed by atoms with Crippen molar-refractivity contribution >= 4 is 0 Å². The number of hydrogen-bond donors (Lipinski definition) is 0. The number of benzene rings is 1. The smallest absolute Gasteiger partial charge is 0.270 e. The first kappa shape index (κ1) is 20.4. The van der Waals surface area contributed by atoms with E-state index in [9.17, 15) is 8.78 Å². The minimum absolute atomic E-state index is 0.0284. The van der Waals surface area contributed by atoms with Crippen LogP contribution in [0, 0.1) is 0 Å². The van der Waals surface area contributed by atoms with E-state index >= 15 is 0 Å². The summed E-state index contributed by atoms with van der Waals surface area (Å²) in [4.78, 5) is 6.98. The molecule has 0 amide bonds. The number of alkyl halides is 2. The third kappa shape index (κ3) is 4.84. The predicted octanol–water partition coefficient (Wildman–Crippen LogP) is 5.25. The van der Waals surface area contributed by atoms with Crippen molar-refractivity contribution in [1.82, 2.24) is 9.88 Å². The maximum absolute atomic E-state index is 14.0. The van der Waals surface area contributed by atoms with Crippen LogP contribution in [0.4, 0.5) is 8.78 Å². The Kier molecular flexibility index (Phi) is 5.71. The van der Waals surface area contributed by atoms with Gasteiger partial charge in [0.15, 0.2) is 0 Å². The molecule has 156 valence electrons. The molecule has 1 saturated heterocycles. The molecule has 0 atom stereocenters. The molecule has 1 aromatic heterocycles. The first-order valence-corrected chi connectivity index (χ1v) is 10.6. The molecule has 2 aromatic rings. The Balaban J connectivity index is 1.50. The summed E-state index contributed by atoms with van der Waals surface area (Å²) in [6.45, 7) is 3.86. The number of likely N-dealkylation sites (tertiary alicyclic amines) is 1. The average Bonchev–Trinajstić information content (AvgIpc) is 3.55. The number of halogens is 2. The third-order valence-corrected chi connectivity index (χ3v) is 6.36. The van der Waals surface area contributed by atoms with Crippen molar-refractivity contribution in [3.8, 4) is 0 Å². The second kappa shape index (κ2) is 8.11. The maximum Gasteiger partial charge on any atom is 0.270 e. The molecule has 3 nitrogen and oxygen atoms in total. The molecule has 2 aliphatic rings. The summed E-state index contributed by atoms with van der Waals surface area (Å²) in [5.41, 5.74) is 2.72. The zero-order valence-electron chi connectivity index (χ0n) is 17.3. The topological polar surface area (TPSA) is 25.4 Å². The van der Waals surface area contributed by atoms with Crippen LogP contribution in [0.5, 0.6) is 0 Å². The van der Waals surface area contributed by atoms with Crippen LogP contribution in [0.15, 0.2) is 42.5 Å². The van der Waals surface area contributed by atoms with Crippen molar-refractivity contribution in [2.75, 3.05) is 26.7 Å². The van der Waals surface area contributed by atoms with Crippen molar-refractivity contribution in [1.29, 1.82) is 0 Å². The highest BCUT2D eigenvalue weighted by Crippen LogP contribution is 2.41. The number of pyridine rings is 1. The van der Waals surface area contributed by atoms with E-state index in [0.29, 0.717) is 18.2 Å². The van der Waals surface area contributed by atoms with Crippen LogP contribution in [-0.4, -0.2) is 36.6 Å². The second-order valence-electron chi connectivity index (χ2n) is 8.88. The fraction of sp³-hybridized carbons (Fsp3) is 0.542. The zero-order chi connectivity index (χ0) is 20.5. The van der Waals surface area contributed by atoms with Gasteiger partial charge >= 0.3 is 0 Å². The van der Waals surface area contributed by atoms with Gasteiger partial charge in [0.2, 0.25) is 0 Å². The molecule has 1 aliphatic heterocycles. The molecule has 1 aliphatic carbocycles. The van der Waals surface area contributed by atoms with Gasteiger partial charge in [-0.2, -0.15) is 0 Å². The summed E-state index contributed by atoms with van der Waals surface area (Å²) in [5.74, 6) is -2.53. The van der Waals surface area contributed by atoms with Crippen molar-refractivity contribution in [2.45, 2.75) is 56.5 Å². The number of piperidine rings is 1. The van der Waals surface area contributed by atoms with E-state index in [1.807, 2.05) is 6.07 Å². The lowest BCUT2D eigenvalue weighted by Crippen LogP contribution is -2.43. The molecule has 4 rings (SSSR count). The van der Waals surface area contributed by atoms with Crippen molar-refractivity contribution in [3.63, 3.8) is 0 Å². The fourth-order valence-electron chi connectivity index (χ4n) is 4.23. The molecule has 0 unspecified atom stereocenters. The van der Waals surface area contributed by atoms with Crippen LogP contribution in [0.1, 0.15) is 61.0 Å². The SMILES string of the molecule is CN1CCC(COCc2cc(C(C)(F)F)cc(C3CC3)n2)(c2ccccc2)CC1. The Morgan fingerprint density at radius 2 is 1.83 bits per heavy atom. The molecule has 5 heteroatoms. The van der Waals surface area contributed by atoms with E-state index in [0.717, 1.165) is 51.4 Å². The summed E-state index contributed by atoms with van der Waals surface area (Å²) in [6, 6.07) is 13.6. The standard InChI is InChI=1S/C24H30F2N2O/c1-23(25,26)20-14-21(27-22(15-20)18-8-9-18)16-29-17-24(10-12-28(2)13-11-24)19-6-4-3-5-7-19/h3-7,14-15,18H,8-13,16-17H2,1-2H3. The molecular formula is C24H30F2N2O. The summed E-state index contributed by atoms with van der Waals surface area (Å²) in [5, 5.41) is 0. The van der Waals surface area contributed by atoms with Crippen LogP contribution in [0.2, 0.25) is 0 Å². The van der Waals surface area contributed by atoms with Gasteiger partial charge in [-0.1, -0.05) is 30.3 Å². The molecule has 0 spiro atoms. The number of ether oxygens (including phenoxy) is 1. The van der Waals surface area contributed by atoms with Gasteiger partial charge in [-0.3, -0.25) is 4.98 Å². The first-order chi connectivity index (χ1) is 13.9. The molecule has 29 heavy (non-hydrogen) atoms. The minimum atomic E-state index is -2.86. The molecule has 0 bridgehead atoms. The van der Waals surface area contributed by atoms with Gasteiger partial charge in [0.25, 0.3) is 5.92 Å². The van der Waals surface area contributed by atoms with Gasteiger partial charge < -0.3 is 9.64 Å². The van der Waals surface area contributed by atoms with E-state index in [2.05, 4.69) is 41.2 Å². The summed E-state index contributed by atoms with van der Waals surface area (Å²) >= 11 is 0. The van der Waals surface area contributed by atoms with Crippen molar-refractivity contribution in [2.24, 2.45) is 0 Å². The minimum Gasteiger partial charge on any atom is -0.374 e. The van der Waals surface area contributed by atoms with Gasteiger partial charge in [0.1, 0.15) is 0 Å². The Hall–Kier alpha value is -1.85. The Labute approximate surface area is 172 Å². The predicted molar refractivity (Wildman–Crippen MR) is 110 cm³/mol. The molecule has 1 aromatic carbocycles. The van der Waals surface area contributed by atoms with Gasteiger partial charge in [-0.05, 0) is 63.5 Å². The Bertz CT molecular complexity index is 823. The largest absolute Gasteiger partial charge is 0.374 e. The van der Waals surface area contributed by atoms with Crippen LogP contribution in [0.3, 0.4) is 0 Å². The van der Waals surface area contributed by atoms with Crippen LogP contribution < -0.4 is 0 Å². The van der Waals surface area contributed by atoms with Crippen molar-refractivity contribution < 1.29 is 13.5 Å². The number of rotatable bonds is 7. The average molecular weight is 401 g/mol. The van der Waals surface area contributed by atoms with Gasteiger partial charge in [-0.15, -0.1) is 0 Å². The van der Waals surface area contributed by atoms with Crippen molar-refractivity contribution in [3.05, 3.63) is 65.0 Å². The van der Waals surface area contributed by atoms with Gasteiger partial charge in [-0.25, -0.2) is 8.78 Å². The van der Waals surface area contributed by atoms with Gasteiger partial charge in [0, 0.05) is 29.5 Å². The first-order valence-electron chi connectivity index (χ1n) is 10.6. The van der Waals surface area contributed by atoms with E-state index in [1.54, 1.807) is 6.07 Å². The molecule has 2 heterocycles. The zero-order valence-corrected chi connectivity index (χ0v) is 17.3. The highest BCUT2D eigenvalue weighted by Gasteiger charge is 2.36. The summed E-state index contributed by atoms with van der Waals surface area (Å²) < 4.78 is 34.1. The number of aromatic nitrogens is 1. The normalized spacial score (nSPS) is 20.0. The van der Waals surface area contributed by atoms with E-state index in [-0.39, 0.29) is 17.6 Å². The van der Waals surface area contributed by atoms with Gasteiger partial charge in [0.05, 0.1) is 18.9 Å². The Morgan fingerprint density at radius 1 is 1.14 bits per heavy atom. The fourth-order valence-corrected chi connectivity index (χ4v) is 4.23. The van der Waals surface area contributed by atoms with E-state index in [4.69, 9.17) is 4.74 Å². The van der Waals surface area contributed by atoms with E-state index in [1.165, 1.54) is 11.6 Å². The second-order valence-corrected chi connectivity index (χ2v) is 8.88.